The number of aryl methyl sites for hydroxylation is 2. The first kappa shape index (κ1) is 35.0. The van der Waals surface area contributed by atoms with Crippen molar-refractivity contribution >= 4 is 75.8 Å². The van der Waals surface area contributed by atoms with Gasteiger partial charge < -0.3 is 20.1 Å². The summed E-state index contributed by atoms with van der Waals surface area (Å²) in [4.78, 5) is 6.71. The van der Waals surface area contributed by atoms with Crippen LogP contribution in [0.1, 0.15) is 37.5 Å². The SMILES string of the molecule is CCNc1cc(S(=O)(=O)O)c(Nc2cc3c(nc4ccc(N(CC)CC)cc4[n+]3-c3c(C)ccc(S(=O)(=O)[O-])c3C)c3ccccc23)cc1C. The molecule has 0 spiro atoms. The molecule has 50 heavy (non-hydrogen) atoms. The van der Waals surface area contributed by atoms with Gasteiger partial charge in [-0.05, 0) is 77.4 Å². The first-order chi connectivity index (χ1) is 23.7. The molecule has 0 aliphatic rings. The molecule has 0 bridgehead atoms. The molecule has 13 heteroatoms. The third-order valence-electron chi connectivity index (χ3n) is 9.11. The van der Waals surface area contributed by atoms with Crippen molar-refractivity contribution in [2.24, 2.45) is 0 Å². The molecular formula is C37H39N5O6S2. The van der Waals surface area contributed by atoms with Crippen molar-refractivity contribution in [1.82, 2.24) is 4.98 Å². The molecular weight excluding hydrogens is 675 g/mol. The summed E-state index contributed by atoms with van der Waals surface area (Å²) in [7, 11) is -9.46. The molecule has 3 N–H and O–H groups in total. The normalized spacial score (nSPS) is 12.2. The van der Waals surface area contributed by atoms with Crippen LogP contribution in [0, 0.1) is 20.8 Å². The molecule has 0 atom stereocenters. The molecule has 0 fully saturated rings. The zero-order valence-corrected chi connectivity index (χ0v) is 30.3. The Bertz CT molecular complexity index is 2550. The lowest BCUT2D eigenvalue weighted by Gasteiger charge is -2.21. The van der Waals surface area contributed by atoms with Crippen molar-refractivity contribution in [2.45, 2.75) is 51.3 Å². The topological polar surface area (TPSA) is 156 Å². The fourth-order valence-electron chi connectivity index (χ4n) is 6.76. The minimum Gasteiger partial charge on any atom is -0.744 e. The predicted molar refractivity (Wildman–Crippen MR) is 198 cm³/mol. The van der Waals surface area contributed by atoms with Gasteiger partial charge in [-0.3, -0.25) is 4.55 Å². The van der Waals surface area contributed by atoms with Crippen LogP contribution in [0.4, 0.5) is 22.7 Å². The Morgan fingerprint density at radius 2 is 1.48 bits per heavy atom. The molecule has 0 aliphatic carbocycles. The van der Waals surface area contributed by atoms with Crippen molar-refractivity contribution in [3.8, 4) is 5.69 Å². The van der Waals surface area contributed by atoms with E-state index in [1.165, 1.54) is 12.1 Å². The van der Waals surface area contributed by atoms with Crippen LogP contribution in [-0.2, 0) is 20.2 Å². The van der Waals surface area contributed by atoms with E-state index in [1.807, 2.05) is 73.9 Å². The van der Waals surface area contributed by atoms with Gasteiger partial charge in [0, 0.05) is 65.0 Å². The molecule has 260 valence electrons. The van der Waals surface area contributed by atoms with Crippen molar-refractivity contribution in [1.29, 1.82) is 0 Å². The maximum atomic E-state index is 12.7. The highest BCUT2D eigenvalue weighted by Gasteiger charge is 2.29. The average Bonchev–Trinajstić information content (AvgIpc) is 3.05. The highest BCUT2D eigenvalue weighted by atomic mass is 32.2. The summed E-state index contributed by atoms with van der Waals surface area (Å²) in [6.45, 7) is 13.4. The number of benzene rings is 5. The van der Waals surface area contributed by atoms with E-state index in [0.29, 0.717) is 45.7 Å². The number of fused-ring (bicyclic) bond motifs is 4. The van der Waals surface area contributed by atoms with E-state index in [1.54, 1.807) is 19.1 Å². The lowest BCUT2D eigenvalue weighted by atomic mass is 10.0. The zero-order chi connectivity index (χ0) is 36.1. The molecule has 0 unspecified atom stereocenters. The van der Waals surface area contributed by atoms with Crippen LogP contribution in [0.15, 0.2) is 82.6 Å². The van der Waals surface area contributed by atoms with Gasteiger partial charge in [-0.1, -0.05) is 30.3 Å². The monoisotopic (exact) mass is 713 g/mol. The summed E-state index contributed by atoms with van der Waals surface area (Å²) in [5.41, 5.74) is 7.02. The van der Waals surface area contributed by atoms with Crippen molar-refractivity contribution in [3.05, 3.63) is 89.5 Å². The molecule has 0 aliphatic heterocycles. The van der Waals surface area contributed by atoms with Gasteiger partial charge in [0.2, 0.25) is 16.7 Å². The molecule has 0 radical (unpaired) electrons. The number of hydrogen-bond acceptors (Lipinski definition) is 9. The van der Waals surface area contributed by atoms with E-state index >= 15 is 0 Å². The lowest BCUT2D eigenvalue weighted by Crippen LogP contribution is -2.36. The van der Waals surface area contributed by atoms with Gasteiger partial charge in [0.25, 0.3) is 10.1 Å². The number of nitrogens with one attached hydrogen (secondary N) is 2. The predicted octanol–water partition coefficient (Wildman–Crippen LogP) is 6.92. The lowest BCUT2D eigenvalue weighted by molar-refractivity contribution is -0.539. The first-order valence-electron chi connectivity index (χ1n) is 16.3. The van der Waals surface area contributed by atoms with Gasteiger partial charge >= 0.3 is 0 Å². The standard InChI is InChI=1S/C37H39N5O6S2/c1-7-38-29-21-35(50(46,47)48)31(18-23(29)5)39-30-20-33-36(27-13-11-10-12-26(27)30)40-28-16-15-25(41(8-2)9-3)19-32(28)42(33)37-22(4)14-17-34(24(37)6)49(43,44)45/h10-21H,7-9H2,1-6H3,(H3,38,40,43,44,45,46,47,48). The third-order valence-corrected chi connectivity index (χ3v) is 11.0. The van der Waals surface area contributed by atoms with Crippen LogP contribution >= 0.6 is 0 Å². The largest absolute Gasteiger partial charge is 0.744 e. The molecule has 5 aromatic carbocycles. The van der Waals surface area contributed by atoms with E-state index in [2.05, 4.69) is 29.4 Å². The summed E-state index contributed by atoms with van der Waals surface area (Å²) in [5.74, 6) is 0. The summed E-state index contributed by atoms with van der Waals surface area (Å²) in [6.07, 6.45) is 0. The molecule has 6 rings (SSSR count). The van der Waals surface area contributed by atoms with E-state index < -0.39 is 20.2 Å². The van der Waals surface area contributed by atoms with E-state index in [4.69, 9.17) is 4.98 Å². The van der Waals surface area contributed by atoms with Gasteiger partial charge in [-0.25, -0.2) is 13.4 Å². The second kappa shape index (κ2) is 13.1. The summed E-state index contributed by atoms with van der Waals surface area (Å²) in [6, 6.07) is 21.4. The molecule has 0 saturated carbocycles. The minimum absolute atomic E-state index is 0.173. The minimum atomic E-state index is -4.82. The second-order valence-corrected chi connectivity index (χ2v) is 15.0. The van der Waals surface area contributed by atoms with Crippen LogP contribution in [0.3, 0.4) is 0 Å². The van der Waals surface area contributed by atoms with E-state index in [0.717, 1.165) is 40.7 Å². The molecule has 11 nitrogen and oxygen atoms in total. The average molecular weight is 714 g/mol. The van der Waals surface area contributed by atoms with Gasteiger partial charge in [0.1, 0.15) is 26.0 Å². The summed E-state index contributed by atoms with van der Waals surface area (Å²) >= 11 is 0. The Hall–Kier alpha value is -4.82. The summed E-state index contributed by atoms with van der Waals surface area (Å²) in [5, 5.41) is 7.92. The van der Waals surface area contributed by atoms with Gasteiger partial charge in [-0.15, -0.1) is 4.57 Å². The highest BCUT2D eigenvalue weighted by molar-refractivity contribution is 7.86. The Kier molecular flexibility index (Phi) is 9.20. The number of rotatable bonds is 10. The number of hydrogen-bond donors (Lipinski definition) is 3. The molecule has 0 saturated heterocycles. The third kappa shape index (κ3) is 6.22. The first-order valence-corrected chi connectivity index (χ1v) is 19.2. The van der Waals surface area contributed by atoms with Gasteiger partial charge in [-0.2, -0.15) is 8.42 Å². The number of nitrogens with zero attached hydrogens (tertiary/aromatic N) is 3. The van der Waals surface area contributed by atoms with Gasteiger partial charge in [0.05, 0.1) is 16.3 Å². The number of anilines is 4. The molecule has 0 amide bonds. The quantitative estimate of drug-likeness (QED) is 0.0590. The van der Waals surface area contributed by atoms with Crippen LogP contribution in [0.25, 0.3) is 38.5 Å². The molecule has 6 aromatic rings. The van der Waals surface area contributed by atoms with Gasteiger partial charge in [0.15, 0.2) is 0 Å². The van der Waals surface area contributed by atoms with Crippen molar-refractivity contribution in [2.75, 3.05) is 35.2 Å². The maximum Gasteiger partial charge on any atom is 0.296 e. The molecule has 1 aromatic heterocycles. The van der Waals surface area contributed by atoms with E-state index in [-0.39, 0.29) is 21.0 Å². The van der Waals surface area contributed by atoms with Crippen LogP contribution in [0.2, 0.25) is 0 Å². The number of aromatic nitrogens is 2. The highest BCUT2D eigenvalue weighted by Crippen LogP contribution is 2.37. The second-order valence-electron chi connectivity index (χ2n) is 12.2. The Balaban J connectivity index is 1.78. The van der Waals surface area contributed by atoms with Crippen molar-refractivity contribution in [3.63, 3.8) is 0 Å². The Morgan fingerprint density at radius 1 is 0.780 bits per heavy atom. The Labute approximate surface area is 292 Å². The maximum absolute atomic E-state index is 12.7. The van der Waals surface area contributed by atoms with Crippen molar-refractivity contribution < 1.29 is 30.5 Å². The zero-order valence-electron chi connectivity index (χ0n) is 28.7. The van der Waals surface area contributed by atoms with Crippen LogP contribution in [0.5, 0.6) is 0 Å². The fourth-order valence-corrected chi connectivity index (χ4v) is 8.12. The van der Waals surface area contributed by atoms with Crippen LogP contribution in [-0.4, -0.2) is 50.6 Å². The molecule has 1 heterocycles. The van der Waals surface area contributed by atoms with E-state index in [9.17, 15) is 25.9 Å². The Morgan fingerprint density at radius 3 is 2.12 bits per heavy atom. The van der Waals surface area contributed by atoms with Crippen LogP contribution < -0.4 is 20.1 Å². The smallest absolute Gasteiger partial charge is 0.296 e. The fraction of sp³-hybridized carbons (Fsp3) is 0.243. The summed E-state index contributed by atoms with van der Waals surface area (Å²) < 4.78 is 75.0.